The molecule has 1 aromatic carbocycles. The van der Waals surface area contributed by atoms with E-state index in [-0.39, 0.29) is 5.84 Å². The number of benzene rings is 1. The molecule has 4 heteroatoms. The number of rotatable bonds is 5. The number of nitrogens with two attached hydrogens (primary N) is 1. The number of nitrogens with zero attached hydrogens (tertiary/aromatic N) is 2. The minimum absolute atomic E-state index is 0.158. The predicted molar refractivity (Wildman–Crippen MR) is 78.5 cm³/mol. The van der Waals surface area contributed by atoms with Gasteiger partial charge in [0.2, 0.25) is 0 Å². The van der Waals surface area contributed by atoms with Crippen LogP contribution in [0.3, 0.4) is 0 Å². The van der Waals surface area contributed by atoms with Crippen molar-refractivity contribution < 1.29 is 5.21 Å². The van der Waals surface area contributed by atoms with Crippen LogP contribution in [0, 0.1) is 5.92 Å². The van der Waals surface area contributed by atoms with Gasteiger partial charge in [-0.1, -0.05) is 44.0 Å². The normalized spacial score (nSPS) is 12.5. The monoisotopic (exact) mass is 259 g/mol. The summed E-state index contributed by atoms with van der Waals surface area (Å²) in [7, 11) is 0. The smallest absolute Gasteiger partial charge is 0.170 e. The van der Waals surface area contributed by atoms with Crippen molar-refractivity contribution >= 4 is 16.7 Å². The van der Waals surface area contributed by atoms with Crippen molar-refractivity contribution in [3.05, 3.63) is 36.0 Å². The largest absolute Gasteiger partial charge is 0.409 e. The van der Waals surface area contributed by atoms with E-state index in [0.29, 0.717) is 5.92 Å². The summed E-state index contributed by atoms with van der Waals surface area (Å²) in [6.07, 6.45) is 4.43. The molecular weight excluding hydrogens is 238 g/mol. The maximum atomic E-state index is 8.83. The van der Waals surface area contributed by atoms with Gasteiger partial charge in [0, 0.05) is 29.2 Å². The minimum Gasteiger partial charge on any atom is -0.409 e. The van der Waals surface area contributed by atoms with E-state index in [2.05, 4.69) is 35.8 Å². The highest BCUT2D eigenvalue weighted by Gasteiger charge is 2.11. The molecule has 0 radical (unpaired) electrons. The van der Waals surface area contributed by atoms with Crippen LogP contribution >= 0.6 is 0 Å². The Morgan fingerprint density at radius 1 is 1.32 bits per heavy atom. The van der Waals surface area contributed by atoms with E-state index in [1.54, 1.807) is 0 Å². The average molecular weight is 259 g/mol. The molecule has 0 saturated carbocycles. The summed E-state index contributed by atoms with van der Waals surface area (Å²) in [5.74, 6) is 0.842. The fourth-order valence-corrected chi connectivity index (χ4v) is 2.48. The fraction of sp³-hybridized carbons (Fsp3) is 0.400. The Labute approximate surface area is 113 Å². The van der Waals surface area contributed by atoms with Crippen LogP contribution in [0.25, 0.3) is 10.9 Å². The Bertz CT molecular complexity index is 582. The van der Waals surface area contributed by atoms with E-state index in [1.165, 1.54) is 12.8 Å². The van der Waals surface area contributed by atoms with Crippen molar-refractivity contribution in [3.63, 3.8) is 0 Å². The molecule has 1 aromatic heterocycles. The molecule has 0 aliphatic rings. The maximum absolute atomic E-state index is 8.83. The Kier molecular flexibility index (Phi) is 4.10. The molecule has 102 valence electrons. The summed E-state index contributed by atoms with van der Waals surface area (Å²) in [4.78, 5) is 0. The van der Waals surface area contributed by atoms with Crippen molar-refractivity contribution in [1.29, 1.82) is 0 Å². The van der Waals surface area contributed by atoms with Gasteiger partial charge in [-0.15, -0.1) is 0 Å². The molecule has 3 N–H and O–H groups in total. The fourth-order valence-electron chi connectivity index (χ4n) is 2.48. The molecule has 0 saturated heterocycles. The summed E-state index contributed by atoms with van der Waals surface area (Å²) in [5.41, 5.74) is 7.63. The van der Waals surface area contributed by atoms with Gasteiger partial charge in [-0.3, -0.25) is 0 Å². The van der Waals surface area contributed by atoms with Gasteiger partial charge in [-0.2, -0.15) is 0 Å². The van der Waals surface area contributed by atoms with Crippen molar-refractivity contribution in [2.45, 2.75) is 33.2 Å². The predicted octanol–water partition coefficient (Wildman–Crippen LogP) is 3.17. The van der Waals surface area contributed by atoms with E-state index in [4.69, 9.17) is 10.9 Å². The lowest BCUT2D eigenvalue weighted by Gasteiger charge is -2.14. The molecular formula is C15H21N3O. The van der Waals surface area contributed by atoms with Gasteiger partial charge in [0.15, 0.2) is 5.84 Å². The Morgan fingerprint density at radius 2 is 2.05 bits per heavy atom. The van der Waals surface area contributed by atoms with Crippen LogP contribution in [0.4, 0.5) is 0 Å². The topological polar surface area (TPSA) is 63.5 Å². The molecule has 0 amide bonds. The molecule has 0 unspecified atom stereocenters. The van der Waals surface area contributed by atoms with Crippen LogP contribution in [0.1, 0.15) is 32.3 Å². The molecule has 0 bridgehead atoms. The highest BCUT2D eigenvalue weighted by Crippen LogP contribution is 2.22. The third-order valence-corrected chi connectivity index (χ3v) is 3.81. The van der Waals surface area contributed by atoms with Crippen LogP contribution in [0.5, 0.6) is 0 Å². The molecule has 2 aromatic rings. The SMILES string of the molecule is CCC(CC)Cn1ccc2c(/C(N)=N/O)cccc21. The minimum atomic E-state index is 0.158. The van der Waals surface area contributed by atoms with Gasteiger partial charge < -0.3 is 15.5 Å². The van der Waals surface area contributed by atoms with Crippen LogP contribution in [-0.4, -0.2) is 15.6 Å². The molecule has 2 rings (SSSR count). The zero-order chi connectivity index (χ0) is 13.8. The zero-order valence-corrected chi connectivity index (χ0v) is 11.5. The molecule has 0 fully saturated rings. The van der Waals surface area contributed by atoms with Gasteiger partial charge in [0.05, 0.1) is 0 Å². The van der Waals surface area contributed by atoms with Gasteiger partial charge >= 0.3 is 0 Å². The van der Waals surface area contributed by atoms with Crippen LogP contribution in [0.2, 0.25) is 0 Å². The summed E-state index contributed by atoms with van der Waals surface area (Å²) in [5, 5.41) is 13.0. The third kappa shape index (κ3) is 2.57. The van der Waals surface area contributed by atoms with E-state index >= 15 is 0 Å². The standard InChI is InChI=1S/C15H21N3O/c1-3-11(4-2)10-18-9-8-12-13(15(16)17-19)6-5-7-14(12)18/h5-9,11,19H,3-4,10H2,1-2H3,(H2,16,17). The lowest BCUT2D eigenvalue weighted by molar-refractivity contribution is 0.318. The van der Waals surface area contributed by atoms with Gasteiger partial charge in [0.1, 0.15) is 0 Å². The highest BCUT2D eigenvalue weighted by molar-refractivity contribution is 6.08. The van der Waals surface area contributed by atoms with Crippen molar-refractivity contribution in [2.75, 3.05) is 0 Å². The number of amidine groups is 1. The second-order valence-corrected chi connectivity index (χ2v) is 4.87. The Morgan fingerprint density at radius 3 is 2.68 bits per heavy atom. The molecule has 0 atom stereocenters. The van der Waals surface area contributed by atoms with Crippen LogP contribution in [0.15, 0.2) is 35.6 Å². The Hall–Kier alpha value is -1.97. The van der Waals surface area contributed by atoms with Crippen molar-refractivity contribution in [1.82, 2.24) is 4.57 Å². The van der Waals surface area contributed by atoms with Crippen molar-refractivity contribution in [3.8, 4) is 0 Å². The number of fused-ring (bicyclic) bond motifs is 1. The van der Waals surface area contributed by atoms with E-state index < -0.39 is 0 Å². The number of hydrogen-bond acceptors (Lipinski definition) is 2. The summed E-state index contributed by atoms with van der Waals surface area (Å²) < 4.78 is 2.25. The second-order valence-electron chi connectivity index (χ2n) is 4.87. The molecule has 0 spiro atoms. The Balaban J connectivity index is 2.44. The lowest BCUT2D eigenvalue weighted by Crippen LogP contribution is -2.13. The van der Waals surface area contributed by atoms with E-state index in [9.17, 15) is 0 Å². The molecule has 0 aliphatic carbocycles. The van der Waals surface area contributed by atoms with Crippen LogP contribution in [-0.2, 0) is 6.54 Å². The summed E-state index contributed by atoms with van der Waals surface area (Å²) in [6, 6.07) is 7.93. The molecule has 0 aliphatic heterocycles. The lowest BCUT2D eigenvalue weighted by atomic mass is 10.0. The third-order valence-electron chi connectivity index (χ3n) is 3.81. The van der Waals surface area contributed by atoms with E-state index in [0.717, 1.165) is 23.0 Å². The zero-order valence-electron chi connectivity index (χ0n) is 11.5. The first-order valence-electron chi connectivity index (χ1n) is 6.77. The van der Waals surface area contributed by atoms with Crippen molar-refractivity contribution in [2.24, 2.45) is 16.8 Å². The average Bonchev–Trinajstić information content (AvgIpc) is 2.86. The summed E-state index contributed by atoms with van der Waals surface area (Å²) >= 11 is 0. The van der Waals surface area contributed by atoms with Gasteiger partial charge in [0.25, 0.3) is 0 Å². The second kappa shape index (κ2) is 5.78. The quantitative estimate of drug-likeness (QED) is 0.375. The first-order valence-corrected chi connectivity index (χ1v) is 6.77. The highest BCUT2D eigenvalue weighted by atomic mass is 16.4. The number of hydrogen-bond donors (Lipinski definition) is 2. The first-order chi connectivity index (χ1) is 9.21. The van der Waals surface area contributed by atoms with Crippen LogP contribution < -0.4 is 5.73 Å². The first kappa shape index (κ1) is 13.5. The summed E-state index contributed by atoms with van der Waals surface area (Å²) in [6.45, 7) is 5.46. The maximum Gasteiger partial charge on any atom is 0.170 e. The van der Waals surface area contributed by atoms with Gasteiger partial charge in [-0.05, 0) is 18.1 Å². The molecule has 1 heterocycles. The van der Waals surface area contributed by atoms with Gasteiger partial charge in [-0.25, -0.2) is 0 Å². The van der Waals surface area contributed by atoms with E-state index in [1.807, 2.05) is 18.2 Å². The molecule has 19 heavy (non-hydrogen) atoms. The number of oxime groups is 1. The number of aromatic nitrogens is 1. The molecule has 4 nitrogen and oxygen atoms in total.